The summed E-state index contributed by atoms with van der Waals surface area (Å²) in [5, 5.41) is -0.606. The minimum atomic E-state index is -3.58. The Labute approximate surface area is 109 Å². The van der Waals surface area contributed by atoms with Crippen LogP contribution in [-0.4, -0.2) is 52.4 Å². The van der Waals surface area contributed by atoms with Gasteiger partial charge in [-0.05, 0) is 13.8 Å². The smallest absolute Gasteiger partial charge is 0.309 e. The molecule has 0 spiro atoms. The van der Waals surface area contributed by atoms with Crippen molar-refractivity contribution in [1.29, 1.82) is 0 Å². The van der Waals surface area contributed by atoms with Crippen LogP contribution in [0.1, 0.15) is 20.8 Å². The molecule has 0 rings (SSSR count). The second-order valence-corrected chi connectivity index (χ2v) is 9.36. The van der Waals surface area contributed by atoms with Gasteiger partial charge in [0, 0.05) is 0 Å². The minimum Gasteiger partial charge on any atom is -0.469 e. The maximum absolute atomic E-state index is 11.7. The molecule has 0 aliphatic rings. The van der Waals surface area contributed by atoms with Crippen molar-refractivity contribution in [3.63, 3.8) is 0 Å². The van der Waals surface area contributed by atoms with E-state index in [0.29, 0.717) is 0 Å². The van der Waals surface area contributed by atoms with Crippen LogP contribution >= 0.6 is 0 Å². The third kappa shape index (κ3) is 5.81. The fraction of sp³-hybridized carbons (Fsp3) is 0.900. The van der Waals surface area contributed by atoms with Crippen molar-refractivity contribution in [1.82, 2.24) is 0 Å². The fourth-order valence-electron chi connectivity index (χ4n) is 1.21. The van der Waals surface area contributed by atoms with Crippen molar-refractivity contribution in [2.45, 2.75) is 26.0 Å². The fourth-order valence-corrected chi connectivity index (χ4v) is 4.69. The third-order valence-electron chi connectivity index (χ3n) is 2.50. The lowest BCUT2D eigenvalue weighted by Gasteiger charge is -2.11. The van der Waals surface area contributed by atoms with Crippen LogP contribution in [0.2, 0.25) is 0 Å². The Kier molecular flexibility index (Phi) is 6.28. The predicted molar refractivity (Wildman–Crippen MR) is 68.8 cm³/mol. The average molecular weight is 300 g/mol. The van der Waals surface area contributed by atoms with Gasteiger partial charge in [0.25, 0.3) is 0 Å². The Morgan fingerprint density at radius 2 is 1.56 bits per heavy atom. The number of carbonyl (C=O) groups is 1. The van der Waals surface area contributed by atoms with E-state index in [0.717, 1.165) is 0 Å². The number of methoxy groups -OCH3 is 1. The molecular formula is C10H20O6S2. The molecule has 0 aromatic rings. The van der Waals surface area contributed by atoms with E-state index in [9.17, 15) is 21.6 Å². The molecule has 0 N–H and O–H groups in total. The summed E-state index contributed by atoms with van der Waals surface area (Å²) in [7, 11) is -5.80. The first-order valence-electron chi connectivity index (χ1n) is 5.51. The van der Waals surface area contributed by atoms with Gasteiger partial charge in [-0.25, -0.2) is 16.8 Å². The van der Waals surface area contributed by atoms with Crippen molar-refractivity contribution in [3.05, 3.63) is 0 Å². The lowest BCUT2D eigenvalue weighted by Crippen LogP contribution is -2.28. The Morgan fingerprint density at radius 1 is 1.06 bits per heavy atom. The van der Waals surface area contributed by atoms with Crippen molar-refractivity contribution in [2.24, 2.45) is 5.92 Å². The average Bonchev–Trinajstić information content (AvgIpc) is 2.24. The number of hydrogen-bond acceptors (Lipinski definition) is 6. The van der Waals surface area contributed by atoms with Crippen LogP contribution in [0.4, 0.5) is 0 Å². The molecule has 0 fully saturated rings. The molecule has 0 bridgehead atoms. The zero-order valence-corrected chi connectivity index (χ0v) is 12.7. The molecular weight excluding hydrogens is 280 g/mol. The highest BCUT2D eigenvalue weighted by Crippen LogP contribution is 2.07. The van der Waals surface area contributed by atoms with E-state index in [1.807, 2.05) is 0 Å². The molecule has 0 amide bonds. The highest BCUT2D eigenvalue weighted by Gasteiger charge is 2.25. The summed E-state index contributed by atoms with van der Waals surface area (Å²) in [5.74, 6) is -2.68. The molecule has 18 heavy (non-hydrogen) atoms. The number of sulfone groups is 2. The molecule has 0 aromatic heterocycles. The van der Waals surface area contributed by atoms with Crippen LogP contribution in [0.25, 0.3) is 0 Å². The number of rotatable bonds is 7. The lowest BCUT2D eigenvalue weighted by molar-refractivity contribution is -0.144. The van der Waals surface area contributed by atoms with Crippen LogP contribution in [0.15, 0.2) is 0 Å². The zero-order valence-electron chi connectivity index (χ0n) is 11.0. The summed E-state index contributed by atoms with van der Waals surface area (Å²) in [4.78, 5) is 11.1. The standard InChI is InChI=1S/C10H20O6S2/c1-8(2)18(14,15)6-5-17(12,13)7-9(3)10(11)16-4/h8-9H,5-7H2,1-4H3. The minimum absolute atomic E-state index is 0.396. The molecule has 0 aliphatic heterocycles. The first-order valence-corrected chi connectivity index (χ1v) is 9.05. The number of hydrogen-bond donors (Lipinski definition) is 0. The molecule has 6 nitrogen and oxygen atoms in total. The van der Waals surface area contributed by atoms with E-state index < -0.39 is 54.1 Å². The summed E-state index contributed by atoms with van der Waals surface area (Å²) in [6.45, 7) is 4.43. The molecule has 8 heteroatoms. The van der Waals surface area contributed by atoms with Crippen LogP contribution in [0.3, 0.4) is 0 Å². The van der Waals surface area contributed by atoms with Gasteiger partial charge >= 0.3 is 5.97 Å². The van der Waals surface area contributed by atoms with Crippen molar-refractivity contribution < 1.29 is 26.4 Å². The van der Waals surface area contributed by atoms with Gasteiger partial charge in [0.15, 0.2) is 19.7 Å². The second-order valence-electron chi connectivity index (χ2n) is 4.45. The van der Waals surface area contributed by atoms with Gasteiger partial charge in [0.1, 0.15) is 0 Å². The van der Waals surface area contributed by atoms with Crippen molar-refractivity contribution in [3.8, 4) is 0 Å². The summed E-state index contributed by atoms with van der Waals surface area (Å²) >= 11 is 0. The molecule has 0 saturated heterocycles. The van der Waals surface area contributed by atoms with Gasteiger partial charge in [0.05, 0.1) is 35.5 Å². The molecule has 0 saturated carbocycles. The number of carbonyl (C=O) groups excluding carboxylic acids is 1. The monoisotopic (exact) mass is 300 g/mol. The highest BCUT2D eigenvalue weighted by atomic mass is 32.2. The van der Waals surface area contributed by atoms with E-state index in [1.54, 1.807) is 0 Å². The van der Waals surface area contributed by atoms with E-state index in [1.165, 1.54) is 27.9 Å². The maximum atomic E-state index is 11.7. The summed E-state index contributed by atoms with van der Waals surface area (Å²) in [6.07, 6.45) is 0. The topological polar surface area (TPSA) is 94.6 Å². The first kappa shape index (κ1) is 17.4. The quantitative estimate of drug-likeness (QED) is 0.616. The normalized spacial score (nSPS) is 14.5. The molecule has 0 radical (unpaired) electrons. The first-order chi connectivity index (χ1) is 8.02. The second kappa shape index (κ2) is 6.51. The molecule has 0 aliphatic carbocycles. The Morgan fingerprint density at radius 3 is 1.94 bits per heavy atom. The van der Waals surface area contributed by atoms with Gasteiger partial charge in [-0.1, -0.05) is 6.92 Å². The summed E-state index contributed by atoms with van der Waals surface area (Å²) < 4.78 is 50.7. The van der Waals surface area contributed by atoms with Gasteiger partial charge in [-0.15, -0.1) is 0 Å². The maximum Gasteiger partial charge on any atom is 0.309 e. The molecule has 108 valence electrons. The molecule has 0 heterocycles. The predicted octanol–water partition coefficient (Wildman–Crippen LogP) is 0.0335. The van der Waals surface area contributed by atoms with Crippen LogP contribution < -0.4 is 0 Å². The highest BCUT2D eigenvalue weighted by molar-refractivity contribution is 7.95. The number of esters is 1. The Balaban J connectivity index is 4.57. The summed E-state index contributed by atoms with van der Waals surface area (Å²) in [6, 6.07) is 0. The van der Waals surface area contributed by atoms with Crippen LogP contribution in [0, 0.1) is 5.92 Å². The summed E-state index contributed by atoms with van der Waals surface area (Å²) in [5.41, 5.74) is 0. The number of ether oxygens (including phenoxy) is 1. The van der Waals surface area contributed by atoms with Crippen LogP contribution in [-0.2, 0) is 29.2 Å². The van der Waals surface area contributed by atoms with E-state index in [-0.39, 0.29) is 0 Å². The van der Waals surface area contributed by atoms with Crippen molar-refractivity contribution in [2.75, 3.05) is 24.4 Å². The van der Waals surface area contributed by atoms with Crippen molar-refractivity contribution >= 4 is 25.6 Å². The Bertz CT molecular complexity index is 474. The third-order valence-corrected chi connectivity index (χ3v) is 6.81. The van der Waals surface area contributed by atoms with Gasteiger partial charge in [-0.2, -0.15) is 0 Å². The van der Waals surface area contributed by atoms with E-state index in [4.69, 9.17) is 0 Å². The molecule has 1 atom stereocenters. The van der Waals surface area contributed by atoms with Crippen LogP contribution in [0.5, 0.6) is 0 Å². The largest absolute Gasteiger partial charge is 0.469 e. The lowest BCUT2D eigenvalue weighted by atomic mass is 10.2. The zero-order chi connectivity index (χ0) is 14.6. The molecule has 0 aromatic carbocycles. The molecule has 1 unspecified atom stereocenters. The van der Waals surface area contributed by atoms with E-state index in [2.05, 4.69) is 4.74 Å². The Hall–Kier alpha value is -0.630. The van der Waals surface area contributed by atoms with E-state index >= 15 is 0 Å². The SMILES string of the molecule is COC(=O)C(C)CS(=O)(=O)CCS(=O)(=O)C(C)C. The van der Waals surface area contributed by atoms with Gasteiger partial charge in [0.2, 0.25) is 0 Å². The van der Waals surface area contributed by atoms with Gasteiger partial charge in [-0.3, -0.25) is 4.79 Å². The van der Waals surface area contributed by atoms with Gasteiger partial charge < -0.3 is 4.74 Å².